The largest absolute Gasteiger partial charge is 0.496 e. The van der Waals surface area contributed by atoms with Crippen molar-refractivity contribution >= 4 is 22.6 Å². The van der Waals surface area contributed by atoms with Crippen LogP contribution < -0.4 is 20.7 Å². The standard InChI is InChI=1S/C15H17IN2O2/c1-19-12-4-3-5-13(20-2)14(12)15(18-17)10-6-8-11(16)9-7-10/h3-9,15,18H,17H2,1-2H3. The van der Waals surface area contributed by atoms with Gasteiger partial charge in [0, 0.05) is 3.57 Å². The van der Waals surface area contributed by atoms with E-state index in [-0.39, 0.29) is 6.04 Å². The van der Waals surface area contributed by atoms with Gasteiger partial charge in [0.15, 0.2) is 0 Å². The van der Waals surface area contributed by atoms with E-state index < -0.39 is 0 Å². The first-order valence-electron chi connectivity index (χ1n) is 6.13. The molecule has 0 amide bonds. The molecule has 0 radical (unpaired) electrons. The van der Waals surface area contributed by atoms with Crippen molar-refractivity contribution in [2.75, 3.05) is 14.2 Å². The Balaban J connectivity index is 2.53. The first-order chi connectivity index (χ1) is 9.71. The molecule has 2 rings (SSSR count). The molecule has 0 fully saturated rings. The third kappa shape index (κ3) is 3.05. The first kappa shape index (κ1) is 15.1. The molecule has 0 saturated carbocycles. The van der Waals surface area contributed by atoms with Crippen LogP contribution in [0.2, 0.25) is 0 Å². The number of ether oxygens (including phenoxy) is 2. The lowest BCUT2D eigenvalue weighted by Crippen LogP contribution is -2.29. The highest BCUT2D eigenvalue weighted by atomic mass is 127. The summed E-state index contributed by atoms with van der Waals surface area (Å²) >= 11 is 2.27. The third-order valence-electron chi connectivity index (χ3n) is 3.12. The number of hydrazine groups is 1. The summed E-state index contributed by atoms with van der Waals surface area (Å²) in [4.78, 5) is 0. The van der Waals surface area contributed by atoms with E-state index in [1.807, 2.05) is 42.5 Å². The Hall–Kier alpha value is -1.31. The summed E-state index contributed by atoms with van der Waals surface area (Å²) in [5.41, 5.74) is 4.78. The zero-order chi connectivity index (χ0) is 14.5. The highest BCUT2D eigenvalue weighted by Crippen LogP contribution is 2.36. The maximum absolute atomic E-state index is 5.76. The average molecular weight is 384 g/mol. The van der Waals surface area contributed by atoms with Gasteiger partial charge in [0.2, 0.25) is 0 Å². The number of hydrogen-bond acceptors (Lipinski definition) is 4. The van der Waals surface area contributed by atoms with Gasteiger partial charge in [-0.2, -0.15) is 0 Å². The van der Waals surface area contributed by atoms with Crippen molar-refractivity contribution in [3.8, 4) is 11.5 Å². The van der Waals surface area contributed by atoms with Crippen LogP contribution in [-0.2, 0) is 0 Å². The van der Waals surface area contributed by atoms with Crippen LogP contribution in [0.3, 0.4) is 0 Å². The van der Waals surface area contributed by atoms with Crippen LogP contribution >= 0.6 is 22.6 Å². The predicted molar refractivity (Wildman–Crippen MR) is 87.9 cm³/mol. The Morgan fingerprint density at radius 1 is 1.00 bits per heavy atom. The predicted octanol–water partition coefficient (Wildman–Crippen LogP) is 2.86. The molecule has 20 heavy (non-hydrogen) atoms. The molecule has 0 saturated heterocycles. The highest BCUT2D eigenvalue weighted by Gasteiger charge is 2.21. The molecule has 0 bridgehead atoms. The minimum atomic E-state index is -0.196. The number of benzene rings is 2. The summed E-state index contributed by atoms with van der Waals surface area (Å²) in [6.45, 7) is 0. The Kier molecular flexibility index (Phi) is 5.22. The van der Waals surface area contributed by atoms with E-state index in [2.05, 4.69) is 28.0 Å². The molecule has 0 aromatic heterocycles. The van der Waals surface area contributed by atoms with E-state index in [0.29, 0.717) is 0 Å². The second-order valence-electron chi connectivity index (χ2n) is 4.23. The maximum Gasteiger partial charge on any atom is 0.127 e. The van der Waals surface area contributed by atoms with Gasteiger partial charge < -0.3 is 9.47 Å². The third-order valence-corrected chi connectivity index (χ3v) is 3.84. The molecular weight excluding hydrogens is 367 g/mol. The van der Waals surface area contributed by atoms with E-state index in [1.165, 1.54) is 3.57 Å². The summed E-state index contributed by atoms with van der Waals surface area (Å²) in [5.74, 6) is 7.24. The first-order valence-corrected chi connectivity index (χ1v) is 7.21. The van der Waals surface area contributed by atoms with Crippen LogP contribution in [0.1, 0.15) is 17.2 Å². The Morgan fingerprint density at radius 2 is 1.55 bits per heavy atom. The van der Waals surface area contributed by atoms with Crippen molar-refractivity contribution in [1.82, 2.24) is 5.43 Å². The normalized spacial score (nSPS) is 12.0. The maximum atomic E-state index is 5.76. The van der Waals surface area contributed by atoms with Crippen molar-refractivity contribution in [2.24, 2.45) is 5.84 Å². The fourth-order valence-corrected chi connectivity index (χ4v) is 2.53. The summed E-state index contributed by atoms with van der Waals surface area (Å²) in [7, 11) is 3.28. The fourth-order valence-electron chi connectivity index (χ4n) is 2.17. The van der Waals surface area contributed by atoms with Crippen LogP contribution in [-0.4, -0.2) is 14.2 Å². The molecule has 0 aliphatic carbocycles. The van der Waals surface area contributed by atoms with Crippen molar-refractivity contribution in [1.29, 1.82) is 0 Å². The van der Waals surface area contributed by atoms with Gasteiger partial charge in [-0.25, -0.2) is 5.43 Å². The SMILES string of the molecule is COc1cccc(OC)c1C(NN)c1ccc(I)cc1. The van der Waals surface area contributed by atoms with Crippen LogP contribution in [0.4, 0.5) is 0 Å². The van der Waals surface area contributed by atoms with Gasteiger partial charge in [-0.15, -0.1) is 0 Å². The number of halogens is 1. The van der Waals surface area contributed by atoms with E-state index in [0.717, 1.165) is 22.6 Å². The number of nitrogens with two attached hydrogens (primary N) is 1. The van der Waals surface area contributed by atoms with Gasteiger partial charge in [0.25, 0.3) is 0 Å². The Morgan fingerprint density at radius 3 is 2.00 bits per heavy atom. The number of nitrogens with one attached hydrogen (secondary N) is 1. The lowest BCUT2D eigenvalue weighted by Gasteiger charge is -2.22. The Bertz CT molecular complexity index is 550. The van der Waals surface area contributed by atoms with E-state index in [9.17, 15) is 0 Å². The van der Waals surface area contributed by atoms with Crippen molar-refractivity contribution < 1.29 is 9.47 Å². The topological polar surface area (TPSA) is 56.5 Å². The molecule has 3 N–H and O–H groups in total. The second-order valence-corrected chi connectivity index (χ2v) is 5.47. The van der Waals surface area contributed by atoms with E-state index >= 15 is 0 Å². The molecule has 1 atom stereocenters. The van der Waals surface area contributed by atoms with Gasteiger partial charge in [0.05, 0.1) is 25.8 Å². The monoisotopic (exact) mass is 384 g/mol. The van der Waals surface area contributed by atoms with Crippen molar-refractivity contribution in [3.05, 3.63) is 57.2 Å². The van der Waals surface area contributed by atoms with Crippen LogP contribution in [0.25, 0.3) is 0 Å². The van der Waals surface area contributed by atoms with Gasteiger partial charge in [-0.3, -0.25) is 5.84 Å². The zero-order valence-electron chi connectivity index (χ0n) is 11.4. The van der Waals surface area contributed by atoms with E-state index in [4.69, 9.17) is 15.3 Å². The van der Waals surface area contributed by atoms with Crippen LogP contribution in [0.5, 0.6) is 11.5 Å². The molecule has 5 heteroatoms. The van der Waals surface area contributed by atoms with Crippen LogP contribution in [0.15, 0.2) is 42.5 Å². The highest BCUT2D eigenvalue weighted by molar-refractivity contribution is 14.1. The second kappa shape index (κ2) is 6.92. The fraction of sp³-hybridized carbons (Fsp3) is 0.200. The molecule has 0 heterocycles. The van der Waals surface area contributed by atoms with Crippen LogP contribution in [0, 0.1) is 3.57 Å². The van der Waals surface area contributed by atoms with Crippen molar-refractivity contribution in [2.45, 2.75) is 6.04 Å². The molecule has 1 unspecified atom stereocenters. The summed E-state index contributed by atoms with van der Waals surface area (Å²) in [6, 6.07) is 13.7. The minimum absolute atomic E-state index is 0.196. The van der Waals surface area contributed by atoms with Crippen molar-refractivity contribution in [3.63, 3.8) is 0 Å². The molecule has 0 aliphatic heterocycles. The number of rotatable bonds is 5. The number of methoxy groups -OCH3 is 2. The van der Waals surface area contributed by atoms with Gasteiger partial charge in [-0.05, 0) is 52.4 Å². The molecular formula is C15H17IN2O2. The van der Waals surface area contributed by atoms with Gasteiger partial charge in [0.1, 0.15) is 11.5 Å². The summed E-state index contributed by atoms with van der Waals surface area (Å²) in [5, 5.41) is 0. The number of hydrogen-bond donors (Lipinski definition) is 2. The lowest BCUT2D eigenvalue weighted by atomic mass is 9.97. The quantitative estimate of drug-likeness (QED) is 0.473. The Labute approximate surface area is 132 Å². The van der Waals surface area contributed by atoms with Gasteiger partial charge >= 0.3 is 0 Å². The lowest BCUT2D eigenvalue weighted by molar-refractivity contribution is 0.377. The average Bonchev–Trinajstić information content (AvgIpc) is 2.49. The summed E-state index contributed by atoms with van der Waals surface area (Å²) < 4.78 is 12.1. The van der Waals surface area contributed by atoms with E-state index in [1.54, 1.807) is 14.2 Å². The molecule has 0 spiro atoms. The van der Waals surface area contributed by atoms with Gasteiger partial charge in [-0.1, -0.05) is 18.2 Å². The smallest absolute Gasteiger partial charge is 0.127 e. The molecule has 4 nitrogen and oxygen atoms in total. The molecule has 2 aromatic rings. The molecule has 106 valence electrons. The minimum Gasteiger partial charge on any atom is -0.496 e. The zero-order valence-corrected chi connectivity index (χ0v) is 13.5. The summed E-state index contributed by atoms with van der Waals surface area (Å²) in [6.07, 6.45) is 0. The molecule has 0 aliphatic rings. The molecule has 2 aromatic carbocycles.